The summed E-state index contributed by atoms with van der Waals surface area (Å²) in [6, 6.07) is 7.99. The van der Waals surface area contributed by atoms with E-state index in [4.69, 9.17) is 17.3 Å². The Balaban J connectivity index is 2.37. The SMILES string of the molecule is C=CCC(N)CSc1ccc(Cl)cc1. The highest BCUT2D eigenvalue weighted by Gasteiger charge is 2.01. The summed E-state index contributed by atoms with van der Waals surface area (Å²) in [6.07, 6.45) is 2.72. The number of benzene rings is 1. The van der Waals surface area contributed by atoms with Crippen LogP contribution in [0, 0.1) is 0 Å². The van der Waals surface area contributed by atoms with E-state index >= 15 is 0 Å². The third-order valence-electron chi connectivity index (χ3n) is 1.75. The van der Waals surface area contributed by atoms with Gasteiger partial charge in [0.2, 0.25) is 0 Å². The Morgan fingerprint density at radius 1 is 1.43 bits per heavy atom. The second-order valence-corrected chi connectivity index (χ2v) is 4.58. The maximum atomic E-state index is 5.84. The van der Waals surface area contributed by atoms with Gasteiger partial charge >= 0.3 is 0 Å². The number of halogens is 1. The Hall–Kier alpha value is -0.440. The minimum Gasteiger partial charge on any atom is -0.327 e. The Morgan fingerprint density at radius 3 is 2.64 bits per heavy atom. The molecule has 0 fully saturated rings. The summed E-state index contributed by atoms with van der Waals surface area (Å²) in [5, 5.41) is 0.768. The summed E-state index contributed by atoms with van der Waals surface area (Å²) in [6.45, 7) is 3.66. The lowest BCUT2D eigenvalue weighted by atomic mass is 10.2. The first-order valence-corrected chi connectivity index (χ1v) is 5.83. The van der Waals surface area contributed by atoms with Crippen LogP contribution in [0.1, 0.15) is 6.42 Å². The lowest BCUT2D eigenvalue weighted by Crippen LogP contribution is -2.21. The molecule has 0 aromatic heterocycles. The third kappa shape index (κ3) is 4.18. The van der Waals surface area contributed by atoms with Gasteiger partial charge in [-0.1, -0.05) is 17.7 Å². The standard InChI is InChI=1S/C11H14ClNS/c1-2-3-10(13)8-14-11-6-4-9(12)5-7-11/h2,4-7,10H,1,3,8,13H2. The van der Waals surface area contributed by atoms with Gasteiger partial charge < -0.3 is 5.73 Å². The molecule has 2 N–H and O–H groups in total. The van der Waals surface area contributed by atoms with Crippen LogP contribution >= 0.6 is 23.4 Å². The van der Waals surface area contributed by atoms with Gasteiger partial charge in [-0.15, -0.1) is 18.3 Å². The monoisotopic (exact) mass is 227 g/mol. The fourth-order valence-electron chi connectivity index (χ4n) is 1.02. The third-order valence-corrected chi connectivity index (χ3v) is 3.20. The van der Waals surface area contributed by atoms with Crippen molar-refractivity contribution in [2.45, 2.75) is 17.4 Å². The molecule has 3 heteroatoms. The minimum absolute atomic E-state index is 0.188. The smallest absolute Gasteiger partial charge is 0.0406 e. The molecule has 0 aliphatic carbocycles. The topological polar surface area (TPSA) is 26.0 Å². The Morgan fingerprint density at radius 2 is 2.07 bits per heavy atom. The van der Waals surface area contributed by atoms with Crippen molar-refractivity contribution >= 4 is 23.4 Å². The normalized spacial score (nSPS) is 12.4. The number of rotatable bonds is 5. The van der Waals surface area contributed by atoms with E-state index in [1.165, 1.54) is 4.90 Å². The van der Waals surface area contributed by atoms with Gasteiger partial charge in [-0.2, -0.15) is 0 Å². The van der Waals surface area contributed by atoms with E-state index in [9.17, 15) is 0 Å². The Bertz CT molecular complexity index is 284. The minimum atomic E-state index is 0.188. The molecule has 0 saturated carbocycles. The molecule has 0 amide bonds. The van der Waals surface area contributed by atoms with E-state index < -0.39 is 0 Å². The molecule has 14 heavy (non-hydrogen) atoms. The molecule has 1 aromatic rings. The van der Waals surface area contributed by atoms with Gasteiger partial charge in [0.05, 0.1) is 0 Å². The van der Waals surface area contributed by atoms with E-state index in [2.05, 4.69) is 6.58 Å². The number of nitrogens with two attached hydrogens (primary N) is 1. The van der Waals surface area contributed by atoms with E-state index in [-0.39, 0.29) is 6.04 Å². The van der Waals surface area contributed by atoms with Crippen molar-refractivity contribution in [3.05, 3.63) is 41.9 Å². The molecule has 0 aliphatic heterocycles. The van der Waals surface area contributed by atoms with Crippen LogP contribution in [0.2, 0.25) is 5.02 Å². The van der Waals surface area contributed by atoms with Crippen molar-refractivity contribution in [3.8, 4) is 0 Å². The Labute approximate surface area is 94.3 Å². The number of thioether (sulfide) groups is 1. The van der Waals surface area contributed by atoms with Gasteiger partial charge in [0.1, 0.15) is 0 Å². The fourth-order valence-corrected chi connectivity index (χ4v) is 2.01. The van der Waals surface area contributed by atoms with Gasteiger partial charge in [-0.05, 0) is 30.7 Å². The van der Waals surface area contributed by atoms with Crippen LogP contribution in [0.15, 0.2) is 41.8 Å². The highest BCUT2D eigenvalue weighted by Crippen LogP contribution is 2.21. The zero-order chi connectivity index (χ0) is 10.4. The molecule has 0 saturated heterocycles. The molecule has 1 atom stereocenters. The van der Waals surface area contributed by atoms with Gasteiger partial charge in [-0.3, -0.25) is 0 Å². The average molecular weight is 228 g/mol. The van der Waals surface area contributed by atoms with Crippen LogP contribution in [0.4, 0.5) is 0 Å². The number of hydrogen-bond acceptors (Lipinski definition) is 2. The number of hydrogen-bond donors (Lipinski definition) is 1. The van der Waals surface area contributed by atoms with Gasteiger partial charge in [0, 0.05) is 21.7 Å². The second kappa shape index (κ2) is 6.12. The molecule has 0 spiro atoms. The molecule has 0 aliphatic rings. The molecule has 76 valence electrons. The quantitative estimate of drug-likeness (QED) is 0.617. The first-order chi connectivity index (χ1) is 6.72. The second-order valence-electron chi connectivity index (χ2n) is 3.05. The van der Waals surface area contributed by atoms with E-state index in [1.54, 1.807) is 11.8 Å². The maximum absolute atomic E-state index is 5.84. The van der Waals surface area contributed by atoms with Gasteiger partial charge in [-0.25, -0.2) is 0 Å². The molecular weight excluding hydrogens is 214 g/mol. The van der Waals surface area contributed by atoms with Crippen LogP contribution < -0.4 is 5.73 Å². The summed E-state index contributed by atoms with van der Waals surface area (Å²) in [5.41, 5.74) is 5.84. The first kappa shape index (κ1) is 11.6. The van der Waals surface area contributed by atoms with E-state index in [1.807, 2.05) is 30.3 Å². The molecule has 0 bridgehead atoms. The van der Waals surface area contributed by atoms with Crippen molar-refractivity contribution in [2.75, 3.05) is 5.75 Å². The summed E-state index contributed by atoms with van der Waals surface area (Å²) in [4.78, 5) is 1.20. The van der Waals surface area contributed by atoms with Crippen molar-refractivity contribution in [3.63, 3.8) is 0 Å². The molecule has 1 nitrogen and oxygen atoms in total. The molecule has 1 rings (SSSR count). The van der Waals surface area contributed by atoms with Gasteiger partial charge in [0.25, 0.3) is 0 Å². The van der Waals surface area contributed by atoms with Gasteiger partial charge in [0.15, 0.2) is 0 Å². The van der Waals surface area contributed by atoms with Crippen LogP contribution in [0.3, 0.4) is 0 Å². The molecular formula is C11H14ClNS. The highest BCUT2D eigenvalue weighted by atomic mass is 35.5. The summed E-state index contributed by atoms with van der Waals surface area (Å²) >= 11 is 7.52. The summed E-state index contributed by atoms with van der Waals surface area (Å²) in [5.74, 6) is 0.910. The fraction of sp³-hybridized carbons (Fsp3) is 0.273. The van der Waals surface area contributed by atoms with Crippen molar-refractivity contribution in [1.29, 1.82) is 0 Å². The summed E-state index contributed by atoms with van der Waals surface area (Å²) < 4.78 is 0. The van der Waals surface area contributed by atoms with E-state index in [0.29, 0.717) is 0 Å². The Kier molecular flexibility index (Phi) is 5.09. The predicted molar refractivity (Wildman–Crippen MR) is 65.0 cm³/mol. The molecule has 0 radical (unpaired) electrons. The zero-order valence-electron chi connectivity index (χ0n) is 7.95. The van der Waals surface area contributed by atoms with E-state index in [0.717, 1.165) is 17.2 Å². The molecule has 0 heterocycles. The van der Waals surface area contributed by atoms with Crippen molar-refractivity contribution in [2.24, 2.45) is 5.73 Å². The lowest BCUT2D eigenvalue weighted by Gasteiger charge is -2.07. The van der Waals surface area contributed by atoms with Crippen LogP contribution in [-0.2, 0) is 0 Å². The van der Waals surface area contributed by atoms with Crippen molar-refractivity contribution < 1.29 is 0 Å². The van der Waals surface area contributed by atoms with Crippen LogP contribution in [0.5, 0.6) is 0 Å². The molecule has 1 unspecified atom stereocenters. The largest absolute Gasteiger partial charge is 0.327 e. The van der Waals surface area contributed by atoms with Crippen molar-refractivity contribution in [1.82, 2.24) is 0 Å². The molecule has 1 aromatic carbocycles. The zero-order valence-corrected chi connectivity index (χ0v) is 9.52. The average Bonchev–Trinajstić information content (AvgIpc) is 2.17. The maximum Gasteiger partial charge on any atom is 0.0406 e. The van der Waals surface area contributed by atoms with Crippen LogP contribution in [0.25, 0.3) is 0 Å². The van der Waals surface area contributed by atoms with Crippen LogP contribution in [-0.4, -0.2) is 11.8 Å². The summed E-state index contributed by atoms with van der Waals surface area (Å²) in [7, 11) is 0. The first-order valence-electron chi connectivity index (χ1n) is 4.47. The highest BCUT2D eigenvalue weighted by molar-refractivity contribution is 7.99. The lowest BCUT2D eigenvalue weighted by molar-refractivity contribution is 0.769. The predicted octanol–water partition coefficient (Wildman–Crippen LogP) is 3.34.